The zero-order valence-corrected chi connectivity index (χ0v) is 17.4. The third kappa shape index (κ3) is 4.26. The lowest BCUT2D eigenvalue weighted by molar-refractivity contribution is 0.589. The Hall–Kier alpha value is -3.45. The molecule has 152 valence electrons. The molecule has 0 atom stereocenters. The fourth-order valence-electron chi connectivity index (χ4n) is 3.26. The van der Waals surface area contributed by atoms with Gasteiger partial charge in [-0.05, 0) is 30.2 Å². The van der Waals surface area contributed by atoms with Gasteiger partial charge in [0.05, 0.1) is 18.8 Å². The highest BCUT2D eigenvalue weighted by Crippen LogP contribution is 2.26. The van der Waals surface area contributed by atoms with E-state index in [0.29, 0.717) is 18.1 Å². The molecule has 0 aliphatic carbocycles. The predicted octanol–water partition coefficient (Wildman–Crippen LogP) is 4.03. The topological polar surface area (TPSA) is 68.1 Å². The summed E-state index contributed by atoms with van der Waals surface area (Å²) in [5.41, 5.74) is 2.38. The van der Waals surface area contributed by atoms with Crippen molar-refractivity contribution in [2.75, 3.05) is 4.31 Å². The second kappa shape index (κ2) is 8.51. The van der Waals surface area contributed by atoms with Gasteiger partial charge in [-0.3, -0.25) is 4.68 Å². The summed E-state index contributed by atoms with van der Waals surface area (Å²) >= 11 is 0. The Kier molecular flexibility index (Phi) is 5.63. The van der Waals surface area contributed by atoms with E-state index in [1.54, 1.807) is 42.2 Å². The molecule has 4 rings (SSSR count). The normalized spacial score (nSPS) is 11.4. The zero-order valence-electron chi connectivity index (χ0n) is 16.6. The van der Waals surface area contributed by atoms with E-state index in [2.05, 4.69) is 10.1 Å². The fraction of sp³-hybridized carbons (Fsp3) is 0.130. The monoisotopic (exact) mass is 418 g/mol. The number of benzene rings is 2. The standard InChI is InChI=1S/C23H22N4O2S/c1-19-22(18-26(25-19)16-20-10-4-2-5-11-20)30(28,29)27(23-14-8-9-15-24-23)17-21-12-6-3-7-13-21/h2-15,18H,16-17H2,1H3. The summed E-state index contributed by atoms with van der Waals surface area (Å²) in [5, 5.41) is 4.45. The lowest BCUT2D eigenvalue weighted by atomic mass is 10.2. The van der Waals surface area contributed by atoms with Crippen LogP contribution in [0.15, 0.2) is 96.2 Å². The zero-order chi connectivity index (χ0) is 21.0. The Morgan fingerprint density at radius 1 is 0.867 bits per heavy atom. The summed E-state index contributed by atoms with van der Waals surface area (Å²) in [6.07, 6.45) is 3.19. The molecule has 0 radical (unpaired) electrons. The molecule has 2 aromatic heterocycles. The SMILES string of the molecule is Cc1nn(Cc2ccccc2)cc1S(=O)(=O)N(Cc1ccccc1)c1ccccn1. The van der Waals surface area contributed by atoms with Gasteiger partial charge in [-0.2, -0.15) is 5.10 Å². The van der Waals surface area contributed by atoms with Crippen LogP contribution >= 0.6 is 0 Å². The Balaban J connectivity index is 1.71. The molecule has 4 aromatic rings. The predicted molar refractivity (Wildman–Crippen MR) is 117 cm³/mol. The van der Waals surface area contributed by atoms with E-state index in [4.69, 9.17) is 0 Å². The van der Waals surface area contributed by atoms with Crippen molar-refractivity contribution in [1.82, 2.24) is 14.8 Å². The first-order chi connectivity index (χ1) is 14.5. The molecule has 0 saturated carbocycles. The fourth-order valence-corrected chi connectivity index (χ4v) is 4.84. The van der Waals surface area contributed by atoms with Crippen LogP contribution in [0.2, 0.25) is 0 Å². The van der Waals surface area contributed by atoms with E-state index < -0.39 is 10.0 Å². The van der Waals surface area contributed by atoms with Crippen molar-refractivity contribution in [2.45, 2.75) is 24.9 Å². The first-order valence-corrected chi connectivity index (χ1v) is 11.0. The Labute approximate surface area is 176 Å². The molecule has 0 aliphatic rings. The summed E-state index contributed by atoms with van der Waals surface area (Å²) < 4.78 is 30.3. The molecule has 30 heavy (non-hydrogen) atoms. The second-order valence-corrected chi connectivity index (χ2v) is 8.78. The van der Waals surface area contributed by atoms with E-state index in [1.807, 2.05) is 60.7 Å². The molecule has 0 unspecified atom stereocenters. The van der Waals surface area contributed by atoms with E-state index >= 15 is 0 Å². The van der Waals surface area contributed by atoms with Crippen LogP contribution in [-0.4, -0.2) is 23.2 Å². The van der Waals surface area contributed by atoms with E-state index in [0.717, 1.165) is 11.1 Å². The molecule has 0 spiro atoms. The molecule has 2 heterocycles. The summed E-state index contributed by atoms with van der Waals surface area (Å²) in [4.78, 5) is 4.47. The van der Waals surface area contributed by atoms with Crippen LogP contribution in [-0.2, 0) is 23.1 Å². The van der Waals surface area contributed by atoms with Gasteiger partial charge in [0.2, 0.25) is 0 Å². The van der Waals surface area contributed by atoms with Crippen LogP contribution in [0.5, 0.6) is 0 Å². The van der Waals surface area contributed by atoms with Gasteiger partial charge in [0.1, 0.15) is 10.7 Å². The minimum absolute atomic E-state index is 0.181. The highest BCUT2D eigenvalue weighted by atomic mass is 32.2. The van der Waals surface area contributed by atoms with Crippen molar-refractivity contribution < 1.29 is 8.42 Å². The van der Waals surface area contributed by atoms with Gasteiger partial charge in [-0.25, -0.2) is 17.7 Å². The van der Waals surface area contributed by atoms with Crippen LogP contribution in [0, 0.1) is 6.92 Å². The molecule has 0 aliphatic heterocycles. The quantitative estimate of drug-likeness (QED) is 0.454. The molecular formula is C23H22N4O2S. The molecular weight excluding hydrogens is 396 g/mol. The Morgan fingerprint density at radius 2 is 1.50 bits per heavy atom. The van der Waals surface area contributed by atoms with E-state index in [1.165, 1.54) is 4.31 Å². The van der Waals surface area contributed by atoms with Crippen LogP contribution in [0.4, 0.5) is 5.82 Å². The van der Waals surface area contributed by atoms with Gasteiger partial charge in [0, 0.05) is 12.4 Å². The van der Waals surface area contributed by atoms with E-state index in [9.17, 15) is 8.42 Å². The summed E-state index contributed by atoms with van der Waals surface area (Å²) in [6.45, 7) is 2.40. The maximum absolute atomic E-state index is 13.7. The number of sulfonamides is 1. The van der Waals surface area contributed by atoms with Crippen LogP contribution in [0.25, 0.3) is 0 Å². The third-order valence-electron chi connectivity index (χ3n) is 4.73. The smallest absolute Gasteiger partial charge is 0.267 e. The minimum atomic E-state index is -3.87. The average molecular weight is 419 g/mol. The van der Waals surface area contributed by atoms with Crippen molar-refractivity contribution in [3.63, 3.8) is 0 Å². The summed E-state index contributed by atoms with van der Waals surface area (Å²) in [5.74, 6) is 0.372. The highest BCUT2D eigenvalue weighted by Gasteiger charge is 2.29. The number of rotatable bonds is 7. The first-order valence-electron chi connectivity index (χ1n) is 9.60. The lowest BCUT2D eigenvalue weighted by Crippen LogP contribution is -2.31. The first kappa shape index (κ1) is 19.8. The van der Waals surface area contributed by atoms with Crippen LogP contribution in [0.3, 0.4) is 0 Å². The largest absolute Gasteiger partial charge is 0.269 e. The van der Waals surface area contributed by atoms with Crippen molar-refractivity contribution in [2.24, 2.45) is 0 Å². The number of nitrogens with zero attached hydrogens (tertiary/aromatic N) is 4. The van der Waals surface area contributed by atoms with Crippen LogP contribution < -0.4 is 4.31 Å². The molecule has 0 N–H and O–H groups in total. The molecule has 0 fully saturated rings. The molecule has 0 bridgehead atoms. The van der Waals surface area contributed by atoms with Crippen LogP contribution in [0.1, 0.15) is 16.8 Å². The number of aryl methyl sites for hydroxylation is 1. The Bertz CT molecular complexity index is 1210. The van der Waals surface area contributed by atoms with Crippen molar-refractivity contribution in [3.05, 3.63) is 108 Å². The molecule has 2 aromatic carbocycles. The van der Waals surface area contributed by atoms with Crippen molar-refractivity contribution >= 4 is 15.8 Å². The van der Waals surface area contributed by atoms with Crippen molar-refractivity contribution in [1.29, 1.82) is 0 Å². The second-order valence-electron chi connectivity index (χ2n) is 6.95. The average Bonchev–Trinajstić information content (AvgIpc) is 3.15. The molecule has 7 heteroatoms. The maximum atomic E-state index is 13.7. The van der Waals surface area contributed by atoms with Crippen molar-refractivity contribution in [3.8, 4) is 0 Å². The summed E-state index contributed by atoms with van der Waals surface area (Å²) in [6, 6.07) is 24.5. The number of aromatic nitrogens is 3. The minimum Gasteiger partial charge on any atom is -0.267 e. The van der Waals surface area contributed by atoms with Gasteiger partial charge < -0.3 is 0 Å². The van der Waals surface area contributed by atoms with Gasteiger partial charge in [0.25, 0.3) is 10.0 Å². The Morgan fingerprint density at radius 3 is 2.13 bits per heavy atom. The lowest BCUT2D eigenvalue weighted by Gasteiger charge is -2.23. The molecule has 0 saturated heterocycles. The number of anilines is 1. The number of hydrogen-bond donors (Lipinski definition) is 0. The van der Waals surface area contributed by atoms with Gasteiger partial charge >= 0.3 is 0 Å². The third-order valence-corrected chi connectivity index (χ3v) is 6.58. The summed E-state index contributed by atoms with van der Waals surface area (Å²) in [7, 11) is -3.87. The van der Waals surface area contributed by atoms with Gasteiger partial charge in [-0.1, -0.05) is 66.7 Å². The molecule has 0 amide bonds. The highest BCUT2D eigenvalue weighted by molar-refractivity contribution is 7.92. The molecule has 6 nitrogen and oxygen atoms in total. The van der Waals surface area contributed by atoms with E-state index in [-0.39, 0.29) is 11.4 Å². The maximum Gasteiger partial charge on any atom is 0.269 e. The number of hydrogen-bond acceptors (Lipinski definition) is 4. The number of pyridine rings is 1. The van der Waals surface area contributed by atoms with Gasteiger partial charge in [-0.15, -0.1) is 0 Å². The van der Waals surface area contributed by atoms with Gasteiger partial charge in [0.15, 0.2) is 0 Å².